The first-order valence-corrected chi connectivity index (χ1v) is 23.8. The Labute approximate surface area is 393 Å². The van der Waals surface area contributed by atoms with Gasteiger partial charge < -0.3 is 5.11 Å². The van der Waals surface area contributed by atoms with Gasteiger partial charge >= 0.3 is 0 Å². The van der Waals surface area contributed by atoms with Gasteiger partial charge in [-0.1, -0.05) is 169 Å². The van der Waals surface area contributed by atoms with Gasteiger partial charge in [-0.2, -0.15) is 0 Å². The summed E-state index contributed by atoms with van der Waals surface area (Å²) in [5.74, 6) is 0.970. The molecule has 0 fully saturated rings. The van der Waals surface area contributed by atoms with Gasteiger partial charge in [-0.3, -0.25) is 9.55 Å². The molecule has 0 unspecified atom stereocenters. The van der Waals surface area contributed by atoms with Crippen LogP contribution in [0.5, 0.6) is 5.75 Å². The smallest absolute Gasteiger partial charge is 0.149 e. The molecule has 1 N–H and O–H groups in total. The van der Waals surface area contributed by atoms with Gasteiger partial charge in [0.25, 0.3) is 0 Å². The lowest BCUT2D eigenvalue weighted by Crippen LogP contribution is -2.33. The fraction of sp³-hybridized carbons (Fsp3) is 0.323. The molecule has 336 valence electrons. The lowest BCUT2D eigenvalue weighted by molar-refractivity contribution is 0.330. The number of aromatic hydroxyl groups is 1. The molecule has 1 aliphatic rings. The van der Waals surface area contributed by atoms with Gasteiger partial charge in [-0.15, -0.1) is 0 Å². The minimum atomic E-state index is -0.140. The van der Waals surface area contributed by atoms with Crippen molar-refractivity contribution >= 4 is 11.0 Å². The molecule has 2 aromatic heterocycles. The second-order valence-corrected chi connectivity index (χ2v) is 23.3. The standard InChI is InChI=1S/C62H67N3O/c1-58(2,3)44-24-22-39(23-25-44)41-28-31-63-52(35-41)43-32-42(33-46(34-43)60(7,8)9)47-20-17-21-54-56(47)64-57(49-37-50-51(38-55(49)66)62(12,13)30-29-61(50,10)11)65(54)53-27-26-45(59(4,5)6)36-48(53)40-18-15-14-16-19-40/h14-28,31-38,66H,29-30H2,1-13H3. The van der Waals surface area contributed by atoms with Crippen molar-refractivity contribution in [3.63, 3.8) is 0 Å². The number of rotatable bonds is 6. The van der Waals surface area contributed by atoms with Gasteiger partial charge in [0.2, 0.25) is 0 Å². The minimum Gasteiger partial charge on any atom is -0.507 e. The Balaban J connectivity index is 1.31. The highest BCUT2D eigenvalue weighted by Gasteiger charge is 2.38. The van der Waals surface area contributed by atoms with Crippen molar-refractivity contribution in [2.75, 3.05) is 0 Å². The van der Waals surface area contributed by atoms with Crippen molar-refractivity contribution in [3.05, 3.63) is 167 Å². The number of imidazole rings is 1. The molecule has 9 rings (SSSR count). The van der Waals surface area contributed by atoms with E-state index in [2.05, 4.69) is 222 Å². The highest BCUT2D eigenvalue weighted by Crippen LogP contribution is 2.50. The van der Waals surface area contributed by atoms with Crippen LogP contribution in [0.1, 0.15) is 131 Å². The zero-order valence-corrected chi connectivity index (χ0v) is 41.5. The zero-order valence-electron chi connectivity index (χ0n) is 41.5. The van der Waals surface area contributed by atoms with Crippen molar-refractivity contribution in [3.8, 4) is 67.5 Å². The van der Waals surface area contributed by atoms with Crippen LogP contribution in [0.25, 0.3) is 72.7 Å². The summed E-state index contributed by atoms with van der Waals surface area (Å²) in [7, 11) is 0. The Morgan fingerprint density at radius 2 is 1.11 bits per heavy atom. The summed E-state index contributed by atoms with van der Waals surface area (Å²) < 4.78 is 2.31. The summed E-state index contributed by atoms with van der Waals surface area (Å²) in [6, 6.07) is 48.6. The van der Waals surface area contributed by atoms with Crippen LogP contribution in [0.2, 0.25) is 0 Å². The molecule has 0 bridgehead atoms. The number of phenolic OH excluding ortho intramolecular Hbond substituents is 1. The molecule has 4 heteroatoms. The maximum Gasteiger partial charge on any atom is 0.149 e. The lowest BCUT2D eigenvalue weighted by Gasteiger charge is -2.42. The predicted octanol–water partition coefficient (Wildman–Crippen LogP) is 16.7. The molecule has 0 radical (unpaired) electrons. The predicted molar refractivity (Wildman–Crippen MR) is 279 cm³/mol. The van der Waals surface area contributed by atoms with Crippen molar-refractivity contribution in [1.29, 1.82) is 0 Å². The highest BCUT2D eigenvalue weighted by atomic mass is 16.3. The van der Waals surface area contributed by atoms with E-state index in [0.717, 1.165) is 80.0 Å². The van der Waals surface area contributed by atoms with Gasteiger partial charge in [0.1, 0.15) is 11.6 Å². The molecule has 0 spiro atoms. The van der Waals surface area contributed by atoms with E-state index in [9.17, 15) is 5.11 Å². The van der Waals surface area contributed by atoms with Crippen LogP contribution >= 0.6 is 0 Å². The summed E-state index contributed by atoms with van der Waals surface area (Å²) in [4.78, 5) is 10.7. The van der Waals surface area contributed by atoms with Crippen molar-refractivity contribution < 1.29 is 5.11 Å². The van der Waals surface area contributed by atoms with E-state index in [1.165, 1.54) is 33.4 Å². The summed E-state index contributed by atoms with van der Waals surface area (Å²) in [6.45, 7) is 29.7. The molecular weight excluding hydrogens is 803 g/mol. The van der Waals surface area contributed by atoms with Gasteiger partial charge in [-0.05, 0) is 145 Å². The van der Waals surface area contributed by atoms with Crippen LogP contribution in [0.4, 0.5) is 0 Å². The van der Waals surface area contributed by atoms with Gasteiger partial charge in [0, 0.05) is 22.9 Å². The molecule has 0 saturated carbocycles. The fourth-order valence-corrected chi connectivity index (χ4v) is 9.88. The Bertz CT molecular complexity index is 3120. The van der Waals surface area contributed by atoms with E-state index >= 15 is 0 Å². The van der Waals surface area contributed by atoms with Gasteiger partial charge in [0.15, 0.2) is 0 Å². The number of aromatic nitrogens is 3. The average Bonchev–Trinajstić information content (AvgIpc) is 3.66. The number of pyridine rings is 1. The third-order valence-corrected chi connectivity index (χ3v) is 14.3. The molecule has 8 aromatic rings. The molecule has 0 aliphatic heterocycles. The number of phenols is 1. The molecule has 0 atom stereocenters. The molecule has 0 amide bonds. The van der Waals surface area contributed by atoms with E-state index in [1.54, 1.807) is 0 Å². The fourth-order valence-electron chi connectivity index (χ4n) is 9.88. The summed E-state index contributed by atoms with van der Waals surface area (Å²) >= 11 is 0. The molecular formula is C62H67N3O. The van der Waals surface area contributed by atoms with E-state index in [-0.39, 0.29) is 32.8 Å². The van der Waals surface area contributed by atoms with Crippen molar-refractivity contribution in [1.82, 2.24) is 14.5 Å². The number of hydrogen-bond donors (Lipinski definition) is 1. The van der Waals surface area contributed by atoms with Gasteiger partial charge in [0.05, 0.1) is 28.0 Å². The number of fused-ring (bicyclic) bond motifs is 2. The first-order chi connectivity index (χ1) is 31.0. The topological polar surface area (TPSA) is 50.9 Å². The molecule has 0 saturated heterocycles. The van der Waals surface area contributed by atoms with Crippen LogP contribution in [-0.2, 0) is 27.1 Å². The zero-order chi connectivity index (χ0) is 47.1. The van der Waals surface area contributed by atoms with E-state index < -0.39 is 0 Å². The summed E-state index contributed by atoms with van der Waals surface area (Å²) in [6.07, 6.45) is 4.06. The quantitative estimate of drug-likeness (QED) is 0.181. The second kappa shape index (κ2) is 16.0. The summed E-state index contributed by atoms with van der Waals surface area (Å²) in [5, 5.41) is 12.3. The number of nitrogens with zero attached hydrogens (tertiary/aromatic N) is 3. The van der Waals surface area contributed by atoms with Crippen molar-refractivity contribution in [2.24, 2.45) is 0 Å². The number of hydrogen-bond acceptors (Lipinski definition) is 3. The van der Waals surface area contributed by atoms with Crippen LogP contribution in [-0.4, -0.2) is 19.6 Å². The van der Waals surface area contributed by atoms with E-state index in [4.69, 9.17) is 9.97 Å². The maximum atomic E-state index is 12.3. The molecule has 4 nitrogen and oxygen atoms in total. The average molecular weight is 870 g/mol. The van der Waals surface area contributed by atoms with Crippen LogP contribution < -0.4 is 0 Å². The lowest BCUT2D eigenvalue weighted by atomic mass is 9.63. The van der Waals surface area contributed by atoms with Crippen LogP contribution in [0, 0.1) is 0 Å². The number of benzene rings is 6. The third kappa shape index (κ3) is 8.29. The Morgan fingerprint density at radius 3 is 1.76 bits per heavy atom. The largest absolute Gasteiger partial charge is 0.507 e. The SMILES string of the molecule is CC(C)(C)c1ccc(-c2ccnc(-c3cc(-c4cccc5c4nc(-c4cc6c(cc4O)C(C)(C)CCC6(C)C)n5-c4ccc(C(C)(C)C)cc4-c4ccccc4)cc(C(C)(C)C)c3)c2)cc1. The summed E-state index contributed by atoms with van der Waals surface area (Å²) in [5.41, 5.74) is 18.3. The monoisotopic (exact) mass is 870 g/mol. The molecule has 66 heavy (non-hydrogen) atoms. The minimum absolute atomic E-state index is 0.0571. The first-order valence-electron chi connectivity index (χ1n) is 23.8. The highest BCUT2D eigenvalue weighted by molar-refractivity contribution is 5.98. The maximum absolute atomic E-state index is 12.3. The van der Waals surface area contributed by atoms with Gasteiger partial charge in [-0.25, -0.2) is 4.98 Å². The van der Waals surface area contributed by atoms with E-state index in [1.807, 2.05) is 12.3 Å². The van der Waals surface area contributed by atoms with Crippen LogP contribution in [0.15, 0.2) is 140 Å². The molecule has 1 aliphatic carbocycles. The third-order valence-electron chi connectivity index (χ3n) is 14.3. The van der Waals surface area contributed by atoms with E-state index in [0.29, 0.717) is 0 Å². The first kappa shape index (κ1) is 44.9. The Hall–Kier alpha value is -6.26. The molecule has 6 aromatic carbocycles. The normalized spacial score (nSPS) is 14.9. The Morgan fingerprint density at radius 1 is 0.485 bits per heavy atom. The van der Waals surface area contributed by atoms with Crippen molar-refractivity contribution in [2.45, 2.75) is 130 Å². The second-order valence-electron chi connectivity index (χ2n) is 23.3. The molecule has 2 heterocycles. The van der Waals surface area contributed by atoms with Crippen LogP contribution in [0.3, 0.4) is 0 Å². The number of para-hydroxylation sites is 1. The Kier molecular flexibility index (Phi) is 10.9.